The van der Waals surface area contributed by atoms with Gasteiger partial charge in [-0.3, -0.25) is 4.79 Å². The van der Waals surface area contributed by atoms with Gasteiger partial charge in [0.15, 0.2) is 0 Å². The number of amides is 1. The number of fused-ring (bicyclic) bond motifs is 1. The molecule has 22 heavy (non-hydrogen) atoms. The van der Waals surface area contributed by atoms with Crippen molar-refractivity contribution < 1.29 is 13.2 Å². The van der Waals surface area contributed by atoms with Crippen molar-refractivity contribution in [3.8, 4) is 0 Å². The summed E-state index contributed by atoms with van der Waals surface area (Å²) in [6, 6.07) is 0. The van der Waals surface area contributed by atoms with Crippen LogP contribution in [0.25, 0.3) is 0 Å². The Morgan fingerprint density at radius 1 is 1.41 bits per heavy atom. The summed E-state index contributed by atoms with van der Waals surface area (Å²) >= 11 is 0. The highest BCUT2D eigenvalue weighted by Gasteiger charge is 2.26. The van der Waals surface area contributed by atoms with Crippen LogP contribution in [0.15, 0.2) is 28.3 Å². The Morgan fingerprint density at radius 3 is 2.73 bits per heavy atom. The molecule has 0 aromatic rings. The molecule has 1 amide bonds. The Morgan fingerprint density at radius 2 is 2.09 bits per heavy atom. The fourth-order valence-corrected chi connectivity index (χ4v) is 3.16. The first-order valence-electron chi connectivity index (χ1n) is 7.35. The molecular formula is C14H22N4O3S. The SMILES string of the molecule is CCC(N)(CC)CNC(=O)C1=CN2CCS(=O)(=O)N=C2C=C1. The van der Waals surface area contributed by atoms with E-state index in [4.69, 9.17) is 5.73 Å². The van der Waals surface area contributed by atoms with Gasteiger partial charge in [-0.15, -0.1) is 4.40 Å². The number of nitrogens with two attached hydrogens (primary N) is 1. The molecule has 0 saturated heterocycles. The third-order valence-corrected chi connectivity index (χ3v) is 5.26. The second-order valence-electron chi connectivity index (χ2n) is 5.60. The van der Waals surface area contributed by atoms with Gasteiger partial charge in [0.25, 0.3) is 15.9 Å². The zero-order chi connectivity index (χ0) is 16.4. The van der Waals surface area contributed by atoms with Gasteiger partial charge in [-0.05, 0) is 25.0 Å². The Hall–Kier alpha value is -1.67. The van der Waals surface area contributed by atoms with Gasteiger partial charge in [0.1, 0.15) is 5.84 Å². The first-order chi connectivity index (χ1) is 10.3. The van der Waals surface area contributed by atoms with Crippen LogP contribution in [0.3, 0.4) is 0 Å². The lowest BCUT2D eigenvalue weighted by atomic mass is 9.94. The third-order valence-electron chi connectivity index (χ3n) is 4.10. The molecule has 0 spiro atoms. The molecule has 0 fully saturated rings. The van der Waals surface area contributed by atoms with Crippen molar-refractivity contribution in [2.24, 2.45) is 10.1 Å². The highest BCUT2D eigenvalue weighted by molar-refractivity contribution is 7.90. The maximum Gasteiger partial charge on any atom is 0.256 e. The molecule has 0 unspecified atom stereocenters. The first-order valence-corrected chi connectivity index (χ1v) is 8.96. The van der Waals surface area contributed by atoms with Crippen LogP contribution in [0, 0.1) is 0 Å². The first kappa shape index (κ1) is 16.7. The van der Waals surface area contributed by atoms with Gasteiger partial charge in [-0.1, -0.05) is 13.8 Å². The van der Waals surface area contributed by atoms with Gasteiger partial charge >= 0.3 is 0 Å². The average Bonchev–Trinajstić information content (AvgIpc) is 2.51. The lowest BCUT2D eigenvalue weighted by Gasteiger charge is -2.29. The number of amidine groups is 1. The van der Waals surface area contributed by atoms with Crippen molar-refractivity contribution in [3.05, 3.63) is 23.9 Å². The van der Waals surface area contributed by atoms with Gasteiger partial charge in [-0.25, -0.2) is 8.42 Å². The summed E-state index contributed by atoms with van der Waals surface area (Å²) in [6.45, 7) is 4.69. The molecule has 3 N–H and O–H groups in total. The molecule has 0 radical (unpaired) electrons. The minimum absolute atomic E-state index is 0.0483. The molecule has 0 aliphatic carbocycles. The van der Waals surface area contributed by atoms with E-state index in [1.54, 1.807) is 23.3 Å². The fraction of sp³-hybridized carbons (Fsp3) is 0.571. The zero-order valence-corrected chi connectivity index (χ0v) is 13.7. The van der Waals surface area contributed by atoms with E-state index in [9.17, 15) is 13.2 Å². The van der Waals surface area contributed by atoms with E-state index in [0.29, 0.717) is 24.5 Å². The normalized spacial score (nSPS) is 20.0. The maximum absolute atomic E-state index is 12.2. The molecule has 0 atom stereocenters. The van der Waals surface area contributed by atoms with Crippen molar-refractivity contribution >= 4 is 21.8 Å². The van der Waals surface area contributed by atoms with Crippen molar-refractivity contribution in [2.45, 2.75) is 32.2 Å². The number of hydrogen-bond donors (Lipinski definition) is 2. The second kappa shape index (κ2) is 6.21. The van der Waals surface area contributed by atoms with Crippen LogP contribution < -0.4 is 11.1 Å². The Kier molecular flexibility index (Phi) is 4.72. The number of nitrogens with one attached hydrogen (secondary N) is 1. The standard InChI is InChI=1S/C14H22N4O3S/c1-3-14(15,4-2)10-16-13(19)11-5-6-12-17-22(20,21)8-7-18(12)9-11/h5-6,9H,3-4,7-8,10,15H2,1-2H3,(H,16,19). The third kappa shape index (κ3) is 3.75. The molecule has 7 nitrogen and oxygen atoms in total. The predicted octanol–water partition coefficient (Wildman–Crippen LogP) is 0.118. The summed E-state index contributed by atoms with van der Waals surface area (Å²) in [7, 11) is -3.38. The molecule has 0 bridgehead atoms. The highest BCUT2D eigenvalue weighted by Crippen LogP contribution is 2.16. The van der Waals surface area contributed by atoms with E-state index >= 15 is 0 Å². The molecule has 122 valence electrons. The lowest BCUT2D eigenvalue weighted by molar-refractivity contribution is -0.117. The molecule has 8 heteroatoms. The van der Waals surface area contributed by atoms with Crippen LogP contribution >= 0.6 is 0 Å². The molecule has 2 rings (SSSR count). The topological polar surface area (TPSA) is 105 Å². The average molecular weight is 326 g/mol. The van der Waals surface area contributed by atoms with Gasteiger partial charge < -0.3 is 16.0 Å². The van der Waals surface area contributed by atoms with E-state index in [2.05, 4.69) is 9.71 Å². The van der Waals surface area contributed by atoms with Crippen LogP contribution in [0.1, 0.15) is 26.7 Å². The van der Waals surface area contributed by atoms with Crippen LogP contribution in [-0.4, -0.2) is 49.4 Å². The fourth-order valence-electron chi connectivity index (χ4n) is 2.19. The summed E-state index contributed by atoms with van der Waals surface area (Å²) in [4.78, 5) is 13.9. The van der Waals surface area contributed by atoms with E-state index < -0.39 is 15.6 Å². The smallest absolute Gasteiger partial charge is 0.256 e. The van der Waals surface area contributed by atoms with Crippen LogP contribution in [0.2, 0.25) is 0 Å². The Labute approximate surface area is 131 Å². The summed E-state index contributed by atoms with van der Waals surface area (Å²) in [5, 5.41) is 2.84. The quantitative estimate of drug-likeness (QED) is 0.746. The predicted molar refractivity (Wildman–Crippen MR) is 85.7 cm³/mol. The summed E-state index contributed by atoms with van der Waals surface area (Å²) in [6.07, 6.45) is 6.29. The number of carbonyl (C=O) groups is 1. The molecule has 0 aromatic carbocycles. The van der Waals surface area contributed by atoms with Gasteiger partial charge in [0.05, 0.1) is 11.3 Å². The van der Waals surface area contributed by atoms with Crippen molar-refractivity contribution in [2.75, 3.05) is 18.8 Å². The molecule has 0 saturated carbocycles. The van der Waals surface area contributed by atoms with E-state index in [1.807, 2.05) is 13.8 Å². The Bertz CT molecular complexity index is 645. The molecular weight excluding hydrogens is 304 g/mol. The largest absolute Gasteiger partial charge is 0.350 e. The second-order valence-corrected chi connectivity index (χ2v) is 7.35. The molecule has 2 aliphatic rings. The maximum atomic E-state index is 12.2. The number of nitrogens with zero attached hydrogens (tertiary/aromatic N) is 2. The van der Waals surface area contributed by atoms with E-state index in [0.717, 1.165) is 12.8 Å². The van der Waals surface area contributed by atoms with Crippen LogP contribution in [-0.2, 0) is 14.8 Å². The highest BCUT2D eigenvalue weighted by atomic mass is 32.2. The zero-order valence-electron chi connectivity index (χ0n) is 12.9. The monoisotopic (exact) mass is 326 g/mol. The molecule has 2 heterocycles. The number of sulfonamides is 1. The van der Waals surface area contributed by atoms with Crippen molar-refractivity contribution in [1.29, 1.82) is 0 Å². The minimum atomic E-state index is -3.38. The minimum Gasteiger partial charge on any atom is -0.350 e. The van der Waals surface area contributed by atoms with E-state index in [-0.39, 0.29) is 11.7 Å². The Balaban J connectivity index is 2.05. The van der Waals surface area contributed by atoms with Gasteiger partial charge in [0.2, 0.25) is 0 Å². The van der Waals surface area contributed by atoms with E-state index in [1.165, 1.54) is 0 Å². The summed E-state index contributed by atoms with van der Waals surface area (Å²) < 4.78 is 26.5. The number of carbonyl (C=O) groups excluding carboxylic acids is 1. The van der Waals surface area contributed by atoms with Gasteiger partial charge in [-0.2, -0.15) is 0 Å². The summed E-state index contributed by atoms with van der Waals surface area (Å²) in [5.41, 5.74) is 6.23. The van der Waals surface area contributed by atoms with Crippen molar-refractivity contribution in [3.63, 3.8) is 0 Å². The molecule has 0 aromatic heterocycles. The number of rotatable bonds is 5. The summed E-state index contributed by atoms with van der Waals surface area (Å²) in [5.74, 6) is 0.0754. The molecule has 2 aliphatic heterocycles. The van der Waals surface area contributed by atoms with Crippen molar-refractivity contribution in [1.82, 2.24) is 10.2 Å². The lowest BCUT2D eigenvalue weighted by Crippen LogP contribution is -2.49. The number of hydrogen-bond acceptors (Lipinski definition) is 5. The van der Waals surface area contributed by atoms with Crippen LogP contribution in [0.4, 0.5) is 0 Å². The van der Waals surface area contributed by atoms with Gasteiger partial charge in [0, 0.05) is 24.8 Å². The van der Waals surface area contributed by atoms with Crippen LogP contribution in [0.5, 0.6) is 0 Å².